The topological polar surface area (TPSA) is 109 Å². The van der Waals surface area contributed by atoms with Crippen LogP contribution < -0.4 is 21.9 Å². The number of guanidine groups is 1. The van der Waals surface area contributed by atoms with Gasteiger partial charge in [0.25, 0.3) is 0 Å². The highest BCUT2D eigenvalue weighted by atomic mass is 15.7. The highest BCUT2D eigenvalue weighted by molar-refractivity contribution is 5.95. The van der Waals surface area contributed by atoms with Crippen LogP contribution in [0.1, 0.15) is 47.9 Å². The molecule has 0 bridgehead atoms. The number of nitrogens with one attached hydrogen (secondary N) is 1. The average Bonchev–Trinajstić information content (AvgIpc) is 3.13. The Morgan fingerprint density at radius 3 is 2.54 bits per heavy atom. The van der Waals surface area contributed by atoms with E-state index in [1.807, 2.05) is 18.2 Å². The van der Waals surface area contributed by atoms with Crippen molar-refractivity contribution in [2.24, 2.45) is 16.5 Å². The minimum absolute atomic E-state index is 0.260. The molecule has 1 atom stereocenters. The van der Waals surface area contributed by atoms with E-state index in [9.17, 15) is 0 Å². The van der Waals surface area contributed by atoms with E-state index in [0.717, 1.165) is 53.8 Å². The Balaban J connectivity index is 1.17. The van der Waals surface area contributed by atoms with Gasteiger partial charge in [-0.1, -0.05) is 67.1 Å². The molecule has 3 aromatic rings. The first-order valence-corrected chi connectivity index (χ1v) is 13.3. The van der Waals surface area contributed by atoms with E-state index in [0.29, 0.717) is 5.82 Å². The Bertz CT molecular complexity index is 1330. The Labute approximate surface area is 218 Å². The fourth-order valence-corrected chi connectivity index (χ4v) is 5.50. The zero-order valence-electron chi connectivity index (χ0n) is 21.1. The fourth-order valence-electron chi connectivity index (χ4n) is 5.50. The van der Waals surface area contributed by atoms with Crippen molar-refractivity contribution in [3.8, 4) is 11.3 Å². The second-order valence-corrected chi connectivity index (χ2v) is 10.2. The number of nitrogens with zero attached hydrogens (tertiary/aromatic N) is 5. The number of piperidine rings is 1. The second-order valence-electron chi connectivity index (χ2n) is 10.2. The maximum Gasteiger partial charge on any atom is 0.215 e. The van der Waals surface area contributed by atoms with Gasteiger partial charge in [-0.25, -0.2) is 10.0 Å². The van der Waals surface area contributed by atoms with Gasteiger partial charge in [0, 0.05) is 17.7 Å². The first-order chi connectivity index (χ1) is 18.1. The van der Waals surface area contributed by atoms with Crippen LogP contribution in [0.25, 0.3) is 17.3 Å². The fraction of sp³-hybridized carbons (Fsp3) is 0.345. The number of aryl methyl sites for hydroxylation is 2. The zero-order valence-corrected chi connectivity index (χ0v) is 21.1. The van der Waals surface area contributed by atoms with Crippen LogP contribution in [0, 0.1) is 0 Å². The quantitative estimate of drug-likeness (QED) is 0.498. The van der Waals surface area contributed by atoms with E-state index < -0.39 is 5.79 Å². The van der Waals surface area contributed by atoms with Crippen LogP contribution in [0.5, 0.6) is 0 Å². The SMILES string of the molecule is NC1=NC(N)(c2ccc(C=CCN3CCCCC3)cc2)NN1c1cc2c(nn1)-c1ccccc1CCC2. The normalized spacial score (nSPS) is 22.0. The number of hydrogen-bond acceptors (Lipinski definition) is 8. The summed E-state index contributed by atoms with van der Waals surface area (Å²) in [5.41, 5.74) is 22.8. The van der Waals surface area contributed by atoms with E-state index in [1.165, 1.54) is 37.9 Å². The molecule has 1 fully saturated rings. The molecule has 8 heteroatoms. The lowest BCUT2D eigenvalue weighted by Gasteiger charge is -2.25. The van der Waals surface area contributed by atoms with Crippen molar-refractivity contribution in [2.45, 2.75) is 44.3 Å². The number of benzene rings is 2. The van der Waals surface area contributed by atoms with Crippen molar-refractivity contribution in [1.82, 2.24) is 20.5 Å². The van der Waals surface area contributed by atoms with Crippen molar-refractivity contribution in [3.63, 3.8) is 0 Å². The minimum atomic E-state index is -1.18. The van der Waals surface area contributed by atoms with E-state index >= 15 is 0 Å². The van der Waals surface area contributed by atoms with Crippen LogP contribution in [-0.2, 0) is 18.6 Å². The molecule has 2 aromatic carbocycles. The third-order valence-corrected chi connectivity index (χ3v) is 7.53. The van der Waals surface area contributed by atoms with Crippen LogP contribution in [-0.4, -0.2) is 40.7 Å². The van der Waals surface area contributed by atoms with Crippen LogP contribution >= 0.6 is 0 Å². The summed E-state index contributed by atoms with van der Waals surface area (Å²) in [7, 11) is 0. The molecule has 0 radical (unpaired) electrons. The van der Waals surface area contributed by atoms with Crippen molar-refractivity contribution >= 4 is 17.9 Å². The summed E-state index contributed by atoms with van der Waals surface area (Å²) in [6.45, 7) is 3.39. The molecule has 0 saturated carbocycles. The predicted octanol–water partition coefficient (Wildman–Crippen LogP) is 3.54. The molecule has 1 aromatic heterocycles. The van der Waals surface area contributed by atoms with Crippen molar-refractivity contribution < 1.29 is 0 Å². The van der Waals surface area contributed by atoms with Crippen molar-refractivity contribution in [3.05, 3.63) is 82.9 Å². The van der Waals surface area contributed by atoms with Gasteiger partial charge in [-0.15, -0.1) is 10.2 Å². The van der Waals surface area contributed by atoms with E-state index in [1.54, 1.807) is 5.01 Å². The van der Waals surface area contributed by atoms with Gasteiger partial charge in [-0.3, -0.25) is 10.6 Å². The number of aliphatic imine (C=N–C) groups is 1. The molecule has 37 heavy (non-hydrogen) atoms. The Morgan fingerprint density at radius 1 is 0.919 bits per heavy atom. The summed E-state index contributed by atoms with van der Waals surface area (Å²) in [6.07, 6.45) is 11.4. The number of fused-ring (bicyclic) bond motifs is 3. The minimum Gasteiger partial charge on any atom is -0.368 e. The number of hydrazine groups is 1. The third-order valence-electron chi connectivity index (χ3n) is 7.53. The van der Waals surface area contributed by atoms with Crippen molar-refractivity contribution in [1.29, 1.82) is 0 Å². The molecule has 190 valence electrons. The molecule has 2 aliphatic heterocycles. The van der Waals surface area contributed by atoms with Gasteiger partial charge >= 0.3 is 0 Å². The number of hydrogen-bond donors (Lipinski definition) is 3. The van der Waals surface area contributed by atoms with Gasteiger partial charge in [-0.05, 0) is 68.0 Å². The first kappa shape index (κ1) is 23.8. The van der Waals surface area contributed by atoms with Gasteiger partial charge in [0.1, 0.15) is 0 Å². The zero-order chi connectivity index (χ0) is 25.2. The lowest BCUT2D eigenvalue weighted by atomic mass is 10.0. The monoisotopic (exact) mass is 494 g/mol. The van der Waals surface area contributed by atoms with Gasteiger partial charge in [-0.2, -0.15) is 5.43 Å². The highest BCUT2D eigenvalue weighted by Crippen LogP contribution is 2.33. The second kappa shape index (κ2) is 10.0. The van der Waals surface area contributed by atoms with Crippen LogP contribution in [0.2, 0.25) is 0 Å². The molecular formula is C29H34N8. The summed E-state index contributed by atoms with van der Waals surface area (Å²) in [5.74, 6) is -0.332. The summed E-state index contributed by atoms with van der Waals surface area (Å²) in [6, 6.07) is 18.6. The largest absolute Gasteiger partial charge is 0.368 e. The standard InChI is InChI=1S/C29H34N8/c30-28-32-29(31,24-15-13-21(14-16-24)8-7-19-36-17-4-1-5-18-36)35-37(28)26-20-23-11-6-10-22-9-2-3-12-25(22)27(23)34-33-26/h2-3,7-9,12-16,20,35H,1,4-6,10-11,17-19,31H2,(H2,30,32). The molecule has 0 amide bonds. The number of nitrogens with two attached hydrogens (primary N) is 2. The molecule has 5 N–H and O–H groups in total. The third kappa shape index (κ3) is 4.87. The van der Waals surface area contributed by atoms with Crippen LogP contribution in [0.4, 0.5) is 5.82 Å². The van der Waals surface area contributed by atoms with Crippen molar-refractivity contribution in [2.75, 3.05) is 24.6 Å². The van der Waals surface area contributed by atoms with E-state index in [4.69, 9.17) is 11.5 Å². The molecule has 6 rings (SSSR count). The lowest BCUT2D eigenvalue weighted by molar-refractivity contribution is 0.252. The van der Waals surface area contributed by atoms with Gasteiger partial charge in [0.05, 0.1) is 5.69 Å². The van der Waals surface area contributed by atoms with Gasteiger partial charge in [0.15, 0.2) is 5.82 Å². The summed E-state index contributed by atoms with van der Waals surface area (Å²) < 4.78 is 0. The molecule has 3 aliphatic rings. The average molecular weight is 495 g/mol. The molecular weight excluding hydrogens is 460 g/mol. The number of likely N-dealkylation sites (tertiary alicyclic amines) is 1. The van der Waals surface area contributed by atoms with Crippen LogP contribution in [0.15, 0.2) is 65.7 Å². The first-order valence-electron chi connectivity index (χ1n) is 13.3. The Morgan fingerprint density at radius 2 is 1.70 bits per heavy atom. The molecule has 3 heterocycles. The van der Waals surface area contributed by atoms with Gasteiger partial charge < -0.3 is 5.73 Å². The summed E-state index contributed by atoms with van der Waals surface area (Å²) >= 11 is 0. The molecule has 1 aliphatic carbocycles. The molecule has 1 saturated heterocycles. The number of aromatic nitrogens is 2. The molecule has 8 nitrogen and oxygen atoms in total. The van der Waals surface area contributed by atoms with Gasteiger partial charge in [0.2, 0.25) is 11.7 Å². The maximum atomic E-state index is 6.68. The Hall–Kier alpha value is -3.59. The summed E-state index contributed by atoms with van der Waals surface area (Å²) in [4.78, 5) is 7.06. The number of anilines is 1. The molecule has 1 unspecified atom stereocenters. The summed E-state index contributed by atoms with van der Waals surface area (Å²) in [5, 5.41) is 10.7. The lowest BCUT2D eigenvalue weighted by Crippen LogP contribution is -2.53. The van der Waals surface area contributed by atoms with Crippen LogP contribution in [0.3, 0.4) is 0 Å². The highest BCUT2D eigenvalue weighted by Gasteiger charge is 2.38. The van der Waals surface area contributed by atoms with E-state index in [-0.39, 0.29) is 5.96 Å². The predicted molar refractivity (Wildman–Crippen MR) is 148 cm³/mol. The Kier molecular flexibility index (Phi) is 6.46. The van der Waals surface area contributed by atoms with E-state index in [2.05, 4.69) is 74.1 Å². The maximum absolute atomic E-state index is 6.68. The molecule has 0 spiro atoms. The number of rotatable bonds is 5. The smallest absolute Gasteiger partial charge is 0.215 e.